The molecular formula is C11H20N2NaO7S2-. The number of aliphatic hydroxyl groups is 1. The third-order valence-corrected chi connectivity index (χ3v) is 6.01. The quantitative estimate of drug-likeness (QED) is 0.234. The first-order chi connectivity index (χ1) is 10.1. The second kappa shape index (κ2) is 12.3. The van der Waals surface area contributed by atoms with Gasteiger partial charge in [-0.2, -0.15) is 12.8 Å². The van der Waals surface area contributed by atoms with Crippen LogP contribution >= 0.6 is 0 Å². The summed E-state index contributed by atoms with van der Waals surface area (Å²) in [6.07, 6.45) is 4.07. The molecule has 0 aliphatic heterocycles. The Balaban J connectivity index is 0. The van der Waals surface area contributed by atoms with Crippen LogP contribution in [0, 0.1) is 18.3 Å². The van der Waals surface area contributed by atoms with Crippen LogP contribution in [0.3, 0.4) is 0 Å². The molecule has 5 N–H and O–H groups in total. The van der Waals surface area contributed by atoms with E-state index >= 15 is 0 Å². The van der Waals surface area contributed by atoms with Crippen molar-refractivity contribution < 1.29 is 61.4 Å². The molecule has 0 aromatic carbocycles. The zero-order valence-corrected chi connectivity index (χ0v) is 16.5. The van der Waals surface area contributed by atoms with Crippen molar-refractivity contribution in [3.05, 3.63) is 6.42 Å². The van der Waals surface area contributed by atoms with Gasteiger partial charge in [-0.15, -0.1) is 0 Å². The summed E-state index contributed by atoms with van der Waals surface area (Å²) in [6.45, 7) is -0.542. The summed E-state index contributed by atoms with van der Waals surface area (Å²) in [4.78, 5) is 21.7. The van der Waals surface area contributed by atoms with E-state index in [4.69, 9.17) is 16.6 Å². The molecule has 1 rings (SSSR count). The average molecular weight is 379 g/mol. The van der Waals surface area contributed by atoms with Crippen molar-refractivity contribution in [1.29, 1.82) is 0 Å². The van der Waals surface area contributed by atoms with E-state index in [0.717, 1.165) is 6.42 Å². The van der Waals surface area contributed by atoms with Gasteiger partial charge in [0, 0.05) is 11.8 Å². The summed E-state index contributed by atoms with van der Waals surface area (Å²) < 4.78 is 40.6. The molecule has 0 saturated heterocycles. The Kier molecular flexibility index (Phi) is 13.5. The van der Waals surface area contributed by atoms with E-state index in [2.05, 4.69) is 0 Å². The first kappa shape index (κ1) is 25.2. The number of hydrogen-bond donors (Lipinski definition) is 3. The van der Waals surface area contributed by atoms with Crippen molar-refractivity contribution in [2.45, 2.75) is 19.3 Å². The van der Waals surface area contributed by atoms with Crippen LogP contribution in [0.4, 0.5) is 0 Å². The van der Waals surface area contributed by atoms with Gasteiger partial charge in [-0.05, 0) is 11.1 Å². The molecule has 12 heteroatoms. The van der Waals surface area contributed by atoms with Gasteiger partial charge in [0.05, 0.1) is 12.4 Å². The first-order valence-corrected chi connectivity index (χ1v) is 9.44. The fraction of sp³-hybridized carbons (Fsp3) is 0.727. The van der Waals surface area contributed by atoms with E-state index < -0.39 is 50.2 Å². The van der Waals surface area contributed by atoms with Crippen LogP contribution in [-0.4, -0.2) is 51.5 Å². The van der Waals surface area contributed by atoms with Gasteiger partial charge in [-0.1, -0.05) is 6.42 Å². The molecule has 1 aliphatic carbocycles. The molecule has 0 aromatic heterocycles. The van der Waals surface area contributed by atoms with Gasteiger partial charge in [0.1, 0.15) is 5.08 Å². The van der Waals surface area contributed by atoms with E-state index in [1.165, 1.54) is 0 Å². The summed E-state index contributed by atoms with van der Waals surface area (Å²) in [5, 5.41) is 7.23. The van der Waals surface area contributed by atoms with Crippen molar-refractivity contribution in [3.63, 3.8) is 0 Å². The van der Waals surface area contributed by atoms with Crippen LogP contribution in [0.1, 0.15) is 19.3 Å². The van der Waals surface area contributed by atoms with E-state index in [-0.39, 0.29) is 41.4 Å². The van der Waals surface area contributed by atoms with Crippen LogP contribution < -0.4 is 41.0 Å². The molecule has 0 heterocycles. The summed E-state index contributed by atoms with van der Waals surface area (Å²) in [7, 11) is -3.59. The molecule has 0 spiro atoms. The first-order valence-electron chi connectivity index (χ1n) is 6.38. The minimum absolute atomic E-state index is 0. The summed E-state index contributed by atoms with van der Waals surface area (Å²) in [5.74, 6) is -2.06. The van der Waals surface area contributed by atoms with Crippen molar-refractivity contribution in [2.75, 3.05) is 17.4 Å². The Morgan fingerprint density at radius 1 is 1.26 bits per heavy atom. The number of nitrogens with two attached hydrogens (primary N) is 2. The molecule has 1 saturated carbocycles. The largest absolute Gasteiger partial charge is 1.00 e. The fourth-order valence-corrected chi connectivity index (χ4v) is 3.88. The summed E-state index contributed by atoms with van der Waals surface area (Å²) in [6, 6.07) is 0. The molecule has 23 heavy (non-hydrogen) atoms. The number of rotatable bonds is 6. The van der Waals surface area contributed by atoms with Gasteiger partial charge in [0.2, 0.25) is 11.8 Å². The van der Waals surface area contributed by atoms with E-state index in [9.17, 15) is 26.8 Å². The van der Waals surface area contributed by atoms with Crippen molar-refractivity contribution in [1.82, 2.24) is 0 Å². The monoisotopic (exact) mass is 379 g/mol. The molecule has 1 aliphatic rings. The van der Waals surface area contributed by atoms with E-state index in [0.29, 0.717) is 12.8 Å². The number of hydrogen-bond acceptors (Lipinski definition) is 7. The van der Waals surface area contributed by atoms with Gasteiger partial charge < -0.3 is 27.5 Å². The van der Waals surface area contributed by atoms with Crippen LogP contribution in [0.2, 0.25) is 0 Å². The topological polar surface area (TPSA) is 181 Å². The molecule has 0 bridgehead atoms. The maximum Gasteiger partial charge on any atom is 1.00 e. The molecule has 2 amide bonds. The Bertz CT molecular complexity index is 491. The standard InChI is InChI=1S/C8H13N2O2.C3H8O5S2.Na/c9-7(11)5-3-1-2-4-6(5)8(10)12;4-1-2-10(7,8)3-9(5)6;/h1,5-6H,2-4H2,(H2,9,11)(H2,10,12);4H,1-3H2,(H,5,6);/q-1;;+1/p-1. The van der Waals surface area contributed by atoms with E-state index in [1.54, 1.807) is 0 Å². The van der Waals surface area contributed by atoms with Gasteiger partial charge in [0.25, 0.3) is 0 Å². The van der Waals surface area contributed by atoms with Gasteiger partial charge in [-0.3, -0.25) is 13.8 Å². The predicted octanol–water partition coefficient (Wildman–Crippen LogP) is -5.19. The van der Waals surface area contributed by atoms with Crippen LogP contribution in [0.25, 0.3) is 0 Å². The van der Waals surface area contributed by atoms with Crippen molar-refractivity contribution in [2.24, 2.45) is 23.3 Å². The third-order valence-electron chi connectivity index (χ3n) is 3.00. The zero-order chi connectivity index (χ0) is 17.3. The second-order valence-corrected chi connectivity index (χ2v) is 8.16. The molecule has 1 fully saturated rings. The van der Waals surface area contributed by atoms with Crippen molar-refractivity contribution >= 4 is 32.7 Å². The average Bonchev–Trinajstić information content (AvgIpc) is 2.37. The second-order valence-electron chi connectivity index (χ2n) is 4.71. The van der Waals surface area contributed by atoms with Crippen LogP contribution in [0.5, 0.6) is 0 Å². The predicted molar refractivity (Wildman–Crippen MR) is 78.2 cm³/mol. The molecule has 130 valence electrons. The van der Waals surface area contributed by atoms with Crippen molar-refractivity contribution in [3.8, 4) is 0 Å². The molecule has 0 radical (unpaired) electrons. The number of amides is 2. The Hall–Kier alpha value is -0.0400. The van der Waals surface area contributed by atoms with Gasteiger partial charge in [-0.25, -0.2) is 8.42 Å². The number of sulfone groups is 1. The maximum atomic E-state index is 10.9. The van der Waals surface area contributed by atoms with Crippen LogP contribution in [-0.2, 0) is 30.5 Å². The summed E-state index contributed by atoms with van der Waals surface area (Å²) >= 11 is -2.59. The molecule has 3 unspecified atom stereocenters. The Morgan fingerprint density at radius 3 is 2.13 bits per heavy atom. The number of primary amides is 2. The molecular weight excluding hydrogens is 359 g/mol. The number of carbonyl (C=O) groups excluding carboxylic acids is 2. The smallest absolute Gasteiger partial charge is 0.772 e. The Labute approximate surface area is 160 Å². The fourth-order valence-electron chi connectivity index (χ4n) is 1.96. The summed E-state index contributed by atoms with van der Waals surface area (Å²) in [5.41, 5.74) is 10.3. The zero-order valence-electron chi connectivity index (χ0n) is 12.8. The van der Waals surface area contributed by atoms with Gasteiger partial charge >= 0.3 is 29.6 Å². The minimum atomic E-state index is -3.59. The molecule has 0 aromatic rings. The normalized spacial score (nSPS) is 22.0. The molecule has 3 atom stereocenters. The maximum absolute atomic E-state index is 10.9. The Morgan fingerprint density at radius 2 is 1.78 bits per heavy atom. The van der Waals surface area contributed by atoms with Gasteiger partial charge in [0.15, 0.2) is 9.84 Å². The molecule has 9 nitrogen and oxygen atoms in total. The SMILES string of the molecule is NC(=O)C1C[CH-]CCC1C(N)=O.O=S([O-])CS(=O)(=O)CCO.[Na+]. The number of aliphatic hydroxyl groups excluding tert-OH is 1. The third kappa shape index (κ3) is 11.2. The van der Waals surface area contributed by atoms with Crippen LogP contribution in [0.15, 0.2) is 0 Å². The minimum Gasteiger partial charge on any atom is -0.772 e. The van der Waals surface area contributed by atoms with E-state index in [1.807, 2.05) is 6.42 Å². The number of carbonyl (C=O) groups is 2.